The fraction of sp³-hybridized carbons (Fsp3) is 0.231. The van der Waals surface area contributed by atoms with Crippen LogP contribution in [-0.4, -0.2) is 40.6 Å². The van der Waals surface area contributed by atoms with E-state index in [0.717, 1.165) is 16.6 Å². The molecule has 1 aromatic heterocycles. The van der Waals surface area contributed by atoms with Gasteiger partial charge in [-0.2, -0.15) is 4.31 Å². The van der Waals surface area contributed by atoms with Gasteiger partial charge in [-0.3, -0.25) is 4.57 Å². The van der Waals surface area contributed by atoms with E-state index in [1.54, 1.807) is 30.0 Å². The van der Waals surface area contributed by atoms with Crippen molar-refractivity contribution in [3.8, 4) is 17.1 Å². The molecule has 0 aliphatic rings. The maximum absolute atomic E-state index is 13.1. The minimum atomic E-state index is -3.58. The Bertz CT molecular complexity index is 1360. The second kappa shape index (κ2) is 10.5. The lowest BCUT2D eigenvalue weighted by molar-refractivity contribution is 0.445. The molecule has 34 heavy (non-hydrogen) atoms. The van der Waals surface area contributed by atoms with Gasteiger partial charge in [0.15, 0.2) is 11.0 Å². The zero-order valence-electron chi connectivity index (χ0n) is 19.5. The first-order chi connectivity index (χ1) is 16.5. The predicted octanol–water partition coefficient (Wildman–Crippen LogP) is 5.57. The van der Waals surface area contributed by atoms with Crippen LogP contribution in [-0.2, 0) is 15.8 Å². The molecule has 0 saturated carbocycles. The maximum Gasteiger partial charge on any atom is 0.243 e. The Hall–Kier alpha value is -2.94. The summed E-state index contributed by atoms with van der Waals surface area (Å²) in [5.74, 6) is 1.36. The molecule has 6 nitrogen and oxygen atoms in total. The van der Waals surface area contributed by atoms with Gasteiger partial charge in [-0.15, -0.1) is 10.2 Å². The highest BCUT2D eigenvalue weighted by atomic mass is 32.2. The van der Waals surface area contributed by atoms with Crippen LogP contribution in [0.25, 0.3) is 17.1 Å². The second-order valence-electron chi connectivity index (χ2n) is 7.81. The van der Waals surface area contributed by atoms with Crippen molar-refractivity contribution in [2.24, 2.45) is 0 Å². The minimum Gasteiger partial charge on any atom is -0.270 e. The molecule has 4 aromatic rings. The molecule has 0 fully saturated rings. The number of benzene rings is 3. The maximum atomic E-state index is 13.1. The fourth-order valence-corrected chi connectivity index (χ4v) is 6.32. The van der Waals surface area contributed by atoms with Crippen molar-refractivity contribution in [2.45, 2.75) is 36.6 Å². The summed E-state index contributed by atoms with van der Waals surface area (Å²) in [6, 6.07) is 25.2. The van der Waals surface area contributed by atoms with E-state index in [2.05, 4.69) is 29.3 Å². The highest BCUT2D eigenvalue weighted by Gasteiger charge is 2.23. The van der Waals surface area contributed by atoms with Crippen LogP contribution in [0.2, 0.25) is 0 Å². The average Bonchev–Trinajstić information content (AvgIpc) is 3.29. The molecule has 176 valence electrons. The molecular weight excluding hydrogens is 464 g/mol. The molecule has 0 aliphatic heterocycles. The van der Waals surface area contributed by atoms with E-state index in [-0.39, 0.29) is 4.90 Å². The number of nitrogens with zero attached hydrogens (tertiary/aromatic N) is 4. The number of para-hydroxylation sites is 1. The first-order valence-corrected chi connectivity index (χ1v) is 13.7. The van der Waals surface area contributed by atoms with E-state index >= 15 is 0 Å². The third kappa shape index (κ3) is 4.94. The van der Waals surface area contributed by atoms with Crippen molar-refractivity contribution >= 4 is 21.8 Å². The standard InChI is InChI=1S/C26H28N4O2S2/c1-4-29(5-2)34(31,32)24-17-11-14-21(18-24)25-27-28-26(30(25)23-15-7-6-8-16-23)33-19-22-13-10-9-12-20(22)3/h6-18H,4-5,19H2,1-3H3. The average molecular weight is 493 g/mol. The molecule has 0 radical (unpaired) electrons. The number of rotatable bonds is 9. The number of sulfonamides is 1. The summed E-state index contributed by atoms with van der Waals surface area (Å²) in [6.45, 7) is 6.63. The van der Waals surface area contributed by atoms with Crippen LogP contribution in [0, 0.1) is 6.92 Å². The molecule has 0 bridgehead atoms. The van der Waals surface area contributed by atoms with Gasteiger partial charge in [-0.25, -0.2) is 8.42 Å². The third-order valence-electron chi connectivity index (χ3n) is 5.70. The van der Waals surface area contributed by atoms with Gasteiger partial charge in [-0.1, -0.05) is 80.2 Å². The summed E-state index contributed by atoms with van der Waals surface area (Å²) < 4.78 is 29.7. The summed E-state index contributed by atoms with van der Waals surface area (Å²) >= 11 is 1.61. The van der Waals surface area contributed by atoms with Crippen molar-refractivity contribution in [1.29, 1.82) is 0 Å². The van der Waals surface area contributed by atoms with Crippen LogP contribution in [0.15, 0.2) is 88.9 Å². The van der Waals surface area contributed by atoms with Crippen molar-refractivity contribution < 1.29 is 8.42 Å². The van der Waals surface area contributed by atoms with Gasteiger partial charge < -0.3 is 0 Å². The lowest BCUT2D eigenvalue weighted by atomic mass is 10.1. The SMILES string of the molecule is CCN(CC)S(=O)(=O)c1cccc(-c2nnc(SCc3ccccc3C)n2-c2ccccc2)c1. The smallest absolute Gasteiger partial charge is 0.243 e. The molecule has 0 atom stereocenters. The zero-order valence-corrected chi connectivity index (χ0v) is 21.2. The summed E-state index contributed by atoms with van der Waals surface area (Å²) in [6.07, 6.45) is 0. The van der Waals surface area contributed by atoms with Crippen LogP contribution in [0.4, 0.5) is 0 Å². The van der Waals surface area contributed by atoms with E-state index in [4.69, 9.17) is 0 Å². The molecular formula is C26H28N4O2S2. The molecule has 0 unspecified atom stereocenters. The molecule has 3 aromatic carbocycles. The Labute approximate surface area is 205 Å². The van der Waals surface area contributed by atoms with Gasteiger partial charge in [0.2, 0.25) is 10.0 Å². The Balaban J connectivity index is 1.77. The fourth-order valence-electron chi connectivity index (χ4n) is 3.78. The molecule has 1 heterocycles. The number of aryl methyl sites for hydroxylation is 1. The third-order valence-corrected chi connectivity index (χ3v) is 8.72. The number of hydrogen-bond acceptors (Lipinski definition) is 5. The first kappa shape index (κ1) is 24.2. The number of thioether (sulfide) groups is 1. The minimum absolute atomic E-state index is 0.255. The van der Waals surface area contributed by atoms with Crippen LogP contribution < -0.4 is 0 Å². The van der Waals surface area contributed by atoms with Gasteiger partial charge in [0.05, 0.1) is 4.90 Å². The van der Waals surface area contributed by atoms with Crippen molar-refractivity contribution in [3.05, 3.63) is 90.0 Å². The van der Waals surface area contributed by atoms with Crippen LogP contribution >= 0.6 is 11.8 Å². The van der Waals surface area contributed by atoms with E-state index in [1.165, 1.54) is 15.4 Å². The van der Waals surface area contributed by atoms with Crippen molar-refractivity contribution in [3.63, 3.8) is 0 Å². The van der Waals surface area contributed by atoms with Crippen LogP contribution in [0.3, 0.4) is 0 Å². The van der Waals surface area contributed by atoms with Gasteiger partial charge in [0.1, 0.15) is 0 Å². The lowest BCUT2D eigenvalue weighted by Crippen LogP contribution is -2.30. The van der Waals surface area contributed by atoms with E-state index < -0.39 is 10.0 Å². The second-order valence-corrected chi connectivity index (χ2v) is 10.7. The van der Waals surface area contributed by atoms with E-state index in [9.17, 15) is 8.42 Å². The van der Waals surface area contributed by atoms with Crippen molar-refractivity contribution in [2.75, 3.05) is 13.1 Å². The molecule has 0 N–H and O–H groups in total. The quantitative estimate of drug-likeness (QED) is 0.286. The summed E-state index contributed by atoms with van der Waals surface area (Å²) in [4.78, 5) is 0.255. The summed E-state index contributed by atoms with van der Waals surface area (Å²) in [5, 5.41) is 9.73. The van der Waals surface area contributed by atoms with E-state index in [1.807, 2.05) is 66.9 Å². The number of aromatic nitrogens is 3. The highest BCUT2D eigenvalue weighted by Crippen LogP contribution is 2.31. The van der Waals surface area contributed by atoms with Gasteiger partial charge >= 0.3 is 0 Å². The van der Waals surface area contributed by atoms with E-state index in [0.29, 0.717) is 24.5 Å². The topological polar surface area (TPSA) is 68.1 Å². The Morgan fingerprint density at radius 2 is 1.59 bits per heavy atom. The zero-order chi connectivity index (χ0) is 24.1. The predicted molar refractivity (Wildman–Crippen MR) is 138 cm³/mol. The van der Waals surface area contributed by atoms with Crippen LogP contribution in [0.1, 0.15) is 25.0 Å². The van der Waals surface area contributed by atoms with Gasteiger partial charge in [-0.05, 0) is 42.3 Å². The Morgan fingerprint density at radius 1 is 0.882 bits per heavy atom. The first-order valence-electron chi connectivity index (χ1n) is 11.2. The Morgan fingerprint density at radius 3 is 2.29 bits per heavy atom. The molecule has 0 saturated heterocycles. The van der Waals surface area contributed by atoms with Gasteiger partial charge in [0.25, 0.3) is 0 Å². The molecule has 8 heteroatoms. The van der Waals surface area contributed by atoms with Crippen LogP contribution in [0.5, 0.6) is 0 Å². The Kier molecular flexibility index (Phi) is 7.50. The van der Waals surface area contributed by atoms with Crippen molar-refractivity contribution in [1.82, 2.24) is 19.1 Å². The molecule has 0 aliphatic carbocycles. The molecule has 4 rings (SSSR count). The monoisotopic (exact) mass is 492 g/mol. The summed E-state index contributed by atoms with van der Waals surface area (Å²) in [7, 11) is -3.58. The lowest BCUT2D eigenvalue weighted by Gasteiger charge is -2.19. The summed E-state index contributed by atoms with van der Waals surface area (Å²) in [5.41, 5.74) is 4.10. The highest BCUT2D eigenvalue weighted by molar-refractivity contribution is 7.98. The normalized spacial score (nSPS) is 11.8. The molecule has 0 spiro atoms. The number of hydrogen-bond donors (Lipinski definition) is 0. The molecule has 0 amide bonds. The van der Waals surface area contributed by atoms with Gasteiger partial charge in [0, 0.05) is 30.1 Å². The largest absolute Gasteiger partial charge is 0.270 e.